The van der Waals surface area contributed by atoms with Gasteiger partial charge >= 0.3 is 0 Å². The van der Waals surface area contributed by atoms with Crippen LogP contribution in [0.25, 0.3) is 0 Å². The Morgan fingerprint density at radius 2 is 2.05 bits per heavy atom. The Bertz CT molecular complexity index is 482. The van der Waals surface area contributed by atoms with Gasteiger partial charge in [0.2, 0.25) is 0 Å². The van der Waals surface area contributed by atoms with Gasteiger partial charge < -0.3 is 10.2 Å². The van der Waals surface area contributed by atoms with Crippen molar-refractivity contribution in [1.82, 2.24) is 9.97 Å². The van der Waals surface area contributed by atoms with Crippen LogP contribution in [0.3, 0.4) is 0 Å². The van der Waals surface area contributed by atoms with Crippen LogP contribution >= 0.6 is 0 Å². The van der Waals surface area contributed by atoms with Gasteiger partial charge in [0.1, 0.15) is 17.5 Å². The molecule has 1 atom stereocenters. The summed E-state index contributed by atoms with van der Waals surface area (Å²) in [6.07, 6.45) is 6.45. The number of nitrogens with one attached hydrogen (secondary N) is 1. The molecular weight excluding hydrogens is 248 g/mol. The number of aromatic nitrogens is 2. The van der Waals surface area contributed by atoms with Crippen LogP contribution in [0.4, 0.5) is 11.6 Å². The Morgan fingerprint density at radius 1 is 1.25 bits per heavy atom. The molecule has 0 spiro atoms. The molecule has 110 valence electrons. The summed E-state index contributed by atoms with van der Waals surface area (Å²) in [4.78, 5) is 12.1. The number of hydrogen-bond acceptors (Lipinski definition) is 4. The van der Waals surface area contributed by atoms with Gasteiger partial charge in [0.25, 0.3) is 0 Å². The van der Waals surface area contributed by atoms with Crippen LogP contribution in [0.15, 0.2) is 0 Å². The van der Waals surface area contributed by atoms with Crippen LogP contribution in [0, 0.1) is 12.8 Å². The molecule has 1 aliphatic carbocycles. The summed E-state index contributed by atoms with van der Waals surface area (Å²) < 4.78 is 0. The summed E-state index contributed by atoms with van der Waals surface area (Å²) in [7, 11) is 1.96. The minimum atomic E-state index is 0.607. The summed E-state index contributed by atoms with van der Waals surface area (Å²) >= 11 is 0. The van der Waals surface area contributed by atoms with Gasteiger partial charge in [-0.15, -0.1) is 0 Å². The molecule has 1 aromatic heterocycles. The van der Waals surface area contributed by atoms with Gasteiger partial charge in [0, 0.05) is 31.6 Å². The van der Waals surface area contributed by atoms with Gasteiger partial charge in [-0.05, 0) is 38.5 Å². The third-order valence-corrected chi connectivity index (χ3v) is 4.60. The highest BCUT2D eigenvalue weighted by Crippen LogP contribution is 2.40. The van der Waals surface area contributed by atoms with Crippen molar-refractivity contribution in [2.24, 2.45) is 5.92 Å². The standard InChI is InChI=1S/C16H26N4/c1-4-5-12-8-9-20(10-12)16-11(2)14(17-3)18-15(19-16)13-6-7-13/h12-13H,4-10H2,1-3H3,(H,17,18,19). The van der Waals surface area contributed by atoms with Gasteiger partial charge in [0.15, 0.2) is 0 Å². The lowest BCUT2D eigenvalue weighted by molar-refractivity contribution is 0.529. The molecule has 0 amide bonds. The monoisotopic (exact) mass is 274 g/mol. The SMILES string of the molecule is CCCC1CCN(c2nc(C3CC3)nc(NC)c2C)C1. The first kappa shape index (κ1) is 13.7. The number of rotatable bonds is 5. The Hall–Kier alpha value is -1.32. The zero-order valence-corrected chi connectivity index (χ0v) is 12.9. The maximum Gasteiger partial charge on any atom is 0.137 e. The van der Waals surface area contributed by atoms with E-state index in [-0.39, 0.29) is 0 Å². The Balaban J connectivity index is 1.86. The van der Waals surface area contributed by atoms with Crippen LogP contribution in [0.1, 0.15) is 56.3 Å². The maximum absolute atomic E-state index is 4.89. The summed E-state index contributed by atoms with van der Waals surface area (Å²) in [5.41, 5.74) is 1.20. The molecule has 0 radical (unpaired) electrons. The highest BCUT2D eigenvalue weighted by molar-refractivity contribution is 5.59. The maximum atomic E-state index is 4.89. The second-order valence-corrected chi connectivity index (χ2v) is 6.29. The molecule has 2 heterocycles. The van der Waals surface area contributed by atoms with Gasteiger partial charge in [-0.3, -0.25) is 0 Å². The highest BCUT2D eigenvalue weighted by atomic mass is 15.2. The third-order valence-electron chi connectivity index (χ3n) is 4.60. The van der Waals surface area contributed by atoms with E-state index in [1.165, 1.54) is 50.0 Å². The van der Waals surface area contributed by atoms with Crippen LogP contribution in [0.5, 0.6) is 0 Å². The average molecular weight is 274 g/mol. The van der Waals surface area contributed by atoms with Crippen molar-refractivity contribution >= 4 is 11.6 Å². The van der Waals surface area contributed by atoms with E-state index in [0.717, 1.165) is 24.1 Å². The molecule has 1 unspecified atom stereocenters. The summed E-state index contributed by atoms with van der Waals surface area (Å²) in [6, 6.07) is 0. The van der Waals surface area contributed by atoms with Crippen molar-refractivity contribution in [3.8, 4) is 0 Å². The fourth-order valence-corrected chi connectivity index (χ4v) is 3.27. The molecule has 4 heteroatoms. The number of anilines is 2. The lowest BCUT2D eigenvalue weighted by Crippen LogP contribution is -2.23. The normalized spacial score (nSPS) is 22.4. The lowest BCUT2D eigenvalue weighted by atomic mass is 10.0. The van der Waals surface area contributed by atoms with Crippen molar-refractivity contribution in [1.29, 1.82) is 0 Å². The molecule has 1 aliphatic heterocycles. The molecule has 0 bridgehead atoms. The quantitative estimate of drug-likeness (QED) is 0.894. The highest BCUT2D eigenvalue weighted by Gasteiger charge is 2.30. The van der Waals surface area contributed by atoms with E-state index in [4.69, 9.17) is 9.97 Å². The van der Waals surface area contributed by atoms with E-state index in [9.17, 15) is 0 Å². The van der Waals surface area contributed by atoms with Crippen LogP contribution < -0.4 is 10.2 Å². The molecule has 0 aromatic carbocycles. The van der Waals surface area contributed by atoms with Gasteiger partial charge in [-0.1, -0.05) is 13.3 Å². The van der Waals surface area contributed by atoms with E-state index in [1.807, 2.05) is 7.05 Å². The molecule has 4 nitrogen and oxygen atoms in total. The summed E-state index contributed by atoms with van der Waals surface area (Å²) in [5.74, 6) is 4.68. The molecule has 1 N–H and O–H groups in total. The molecule has 1 saturated heterocycles. The van der Waals surface area contributed by atoms with E-state index in [1.54, 1.807) is 0 Å². The van der Waals surface area contributed by atoms with Gasteiger partial charge in [0.05, 0.1) is 0 Å². The minimum absolute atomic E-state index is 0.607. The molecule has 1 saturated carbocycles. The zero-order chi connectivity index (χ0) is 14.1. The van der Waals surface area contributed by atoms with E-state index in [2.05, 4.69) is 24.1 Å². The Morgan fingerprint density at radius 3 is 2.70 bits per heavy atom. The predicted molar refractivity (Wildman–Crippen MR) is 83.5 cm³/mol. The van der Waals surface area contributed by atoms with E-state index in [0.29, 0.717) is 5.92 Å². The number of hydrogen-bond donors (Lipinski definition) is 1. The first-order valence-corrected chi connectivity index (χ1v) is 8.04. The zero-order valence-electron chi connectivity index (χ0n) is 12.9. The predicted octanol–water partition coefficient (Wildman–Crippen LogP) is 3.33. The first-order chi connectivity index (χ1) is 9.72. The largest absolute Gasteiger partial charge is 0.373 e. The molecule has 3 rings (SSSR count). The summed E-state index contributed by atoms with van der Waals surface area (Å²) in [6.45, 7) is 6.74. The van der Waals surface area contributed by atoms with Crippen LogP contribution in [0.2, 0.25) is 0 Å². The second kappa shape index (κ2) is 5.58. The summed E-state index contributed by atoms with van der Waals surface area (Å²) in [5, 5.41) is 3.24. The number of nitrogens with zero attached hydrogens (tertiary/aromatic N) is 3. The van der Waals surface area contributed by atoms with Crippen molar-refractivity contribution in [2.75, 3.05) is 30.4 Å². The van der Waals surface area contributed by atoms with Crippen molar-refractivity contribution in [2.45, 2.75) is 51.9 Å². The molecular formula is C16H26N4. The smallest absolute Gasteiger partial charge is 0.137 e. The van der Waals surface area contributed by atoms with Gasteiger partial charge in [-0.25, -0.2) is 9.97 Å². The fraction of sp³-hybridized carbons (Fsp3) is 0.750. The minimum Gasteiger partial charge on any atom is -0.373 e. The van der Waals surface area contributed by atoms with Crippen LogP contribution in [-0.4, -0.2) is 30.1 Å². The van der Waals surface area contributed by atoms with Crippen molar-refractivity contribution in [3.63, 3.8) is 0 Å². The third kappa shape index (κ3) is 2.60. The average Bonchev–Trinajstić information content (AvgIpc) is 3.20. The van der Waals surface area contributed by atoms with E-state index < -0.39 is 0 Å². The molecule has 1 aromatic rings. The van der Waals surface area contributed by atoms with E-state index >= 15 is 0 Å². The second-order valence-electron chi connectivity index (χ2n) is 6.29. The molecule has 20 heavy (non-hydrogen) atoms. The van der Waals surface area contributed by atoms with Crippen LogP contribution in [-0.2, 0) is 0 Å². The van der Waals surface area contributed by atoms with Crippen molar-refractivity contribution in [3.05, 3.63) is 11.4 Å². The molecule has 2 aliphatic rings. The fourth-order valence-electron chi connectivity index (χ4n) is 3.27. The Kier molecular flexibility index (Phi) is 3.81. The first-order valence-electron chi connectivity index (χ1n) is 8.04. The van der Waals surface area contributed by atoms with Crippen molar-refractivity contribution < 1.29 is 0 Å². The molecule has 2 fully saturated rings. The topological polar surface area (TPSA) is 41.1 Å². The Labute approximate surface area is 122 Å². The van der Waals surface area contributed by atoms with Gasteiger partial charge in [-0.2, -0.15) is 0 Å². The lowest BCUT2D eigenvalue weighted by Gasteiger charge is -2.22.